The van der Waals surface area contributed by atoms with Crippen molar-refractivity contribution in [2.24, 2.45) is 5.92 Å². The predicted molar refractivity (Wildman–Crippen MR) is 93.0 cm³/mol. The fourth-order valence-corrected chi connectivity index (χ4v) is 4.19. The molecular formula is C17H20N2O5S. The van der Waals surface area contributed by atoms with Gasteiger partial charge in [0, 0.05) is 24.7 Å². The average molecular weight is 364 g/mol. The number of esters is 1. The van der Waals surface area contributed by atoms with E-state index in [1.165, 1.54) is 22.2 Å². The smallest absolute Gasteiger partial charge is 0.340 e. The van der Waals surface area contributed by atoms with E-state index < -0.39 is 21.9 Å². The van der Waals surface area contributed by atoms with Crippen LogP contribution in [0.3, 0.4) is 0 Å². The number of sulfonamides is 1. The standard InChI is InChI=1S/C17H20N2O5S/c1-24-17(21)14-11-19(15-8-4-3-7-13(14)15)16(20)12-6-5-9-18(10-12)25(2,22)23/h3-4,7-8,11-12H,5-6,9-10H2,1-2H3/t12-/m0/s1. The lowest BCUT2D eigenvalue weighted by Gasteiger charge is -2.30. The molecule has 0 saturated carbocycles. The number of aromatic nitrogens is 1. The van der Waals surface area contributed by atoms with Crippen LogP contribution in [0.25, 0.3) is 10.9 Å². The highest BCUT2D eigenvalue weighted by Crippen LogP contribution is 2.26. The Balaban J connectivity index is 1.99. The van der Waals surface area contributed by atoms with Gasteiger partial charge in [-0.25, -0.2) is 17.5 Å². The topological polar surface area (TPSA) is 85.7 Å². The summed E-state index contributed by atoms with van der Waals surface area (Å²) in [6.07, 6.45) is 3.88. The van der Waals surface area contributed by atoms with Crippen LogP contribution < -0.4 is 0 Å². The molecular weight excluding hydrogens is 344 g/mol. The van der Waals surface area contributed by atoms with E-state index in [0.717, 1.165) is 6.26 Å². The summed E-state index contributed by atoms with van der Waals surface area (Å²) < 4.78 is 31.1. The van der Waals surface area contributed by atoms with E-state index in [1.54, 1.807) is 24.3 Å². The molecule has 1 saturated heterocycles. The lowest BCUT2D eigenvalue weighted by molar-refractivity contribution is 0.0603. The van der Waals surface area contributed by atoms with Gasteiger partial charge >= 0.3 is 5.97 Å². The highest BCUT2D eigenvalue weighted by atomic mass is 32.2. The normalized spacial score (nSPS) is 19.0. The summed E-state index contributed by atoms with van der Waals surface area (Å²) in [7, 11) is -2.04. The molecule has 1 aliphatic rings. The third-order valence-corrected chi connectivity index (χ3v) is 5.83. The van der Waals surface area contributed by atoms with Crippen molar-refractivity contribution in [3.63, 3.8) is 0 Å². The van der Waals surface area contributed by atoms with Gasteiger partial charge in [-0.15, -0.1) is 0 Å². The second-order valence-corrected chi connectivity index (χ2v) is 8.20. The number of methoxy groups -OCH3 is 1. The molecule has 25 heavy (non-hydrogen) atoms. The third kappa shape index (κ3) is 3.32. The molecule has 0 radical (unpaired) electrons. The third-order valence-electron chi connectivity index (χ3n) is 4.56. The van der Waals surface area contributed by atoms with Crippen molar-refractivity contribution < 1.29 is 22.7 Å². The Morgan fingerprint density at radius 3 is 2.64 bits per heavy atom. The van der Waals surface area contributed by atoms with Gasteiger partial charge in [-0.3, -0.25) is 9.36 Å². The zero-order valence-corrected chi connectivity index (χ0v) is 15.0. The van der Waals surface area contributed by atoms with Crippen LogP contribution in [0.4, 0.5) is 0 Å². The molecule has 1 aromatic heterocycles. The Labute approximate surface area is 146 Å². The summed E-state index contributed by atoms with van der Waals surface area (Å²) in [4.78, 5) is 25.0. The summed E-state index contributed by atoms with van der Waals surface area (Å²) in [6.45, 7) is 0.597. The molecule has 2 aromatic rings. The van der Waals surface area contributed by atoms with Crippen molar-refractivity contribution in [3.8, 4) is 0 Å². The van der Waals surface area contributed by atoms with E-state index in [-0.39, 0.29) is 12.5 Å². The lowest BCUT2D eigenvalue weighted by Crippen LogP contribution is -2.42. The SMILES string of the molecule is COC(=O)c1cn(C(=O)[C@H]2CCCN(S(C)(=O)=O)C2)c2ccccc12. The first-order chi connectivity index (χ1) is 11.8. The summed E-state index contributed by atoms with van der Waals surface area (Å²) in [5, 5.41) is 0.637. The Bertz CT molecular complexity index is 932. The molecule has 0 spiro atoms. The molecule has 0 aliphatic carbocycles. The molecule has 0 amide bonds. The van der Waals surface area contributed by atoms with Gasteiger partial charge in [0.05, 0.1) is 30.4 Å². The largest absolute Gasteiger partial charge is 0.465 e. The molecule has 1 atom stereocenters. The van der Waals surface area contributed by atoms with Crippen LogP contribution in [0.2, 0.25) is 0 Å². The van der Waals surface area contributed by atoms with Crippen LogP contribution in [0.1, 0.15) is 28.0 Å². The van der Waals surface area contributed by atoms with Crippen molar-refractivity contribution >= 4 is 32.8 Å². The number of hydrogen-bond donors (Lipinski definition) is 0. The number of benzene rings is 1. The summed E-state index contributed by atoms with van der Waals surface area (Å²) in [5.41, 5.74) is 0.937. The van der Waals surface area contributed by atoms with E-state index in [2.05, 4.69) is 0 Å². The van der Waals surface area contributed by atoms with Gasteiger partial charge < -0.3 is 4.74 Å². The number of para-hydroxylation sites is 1. The first-order valence-corrected chi connectivity index (χ1v) is 9.85. The van der Waals surface area contributed by atoms with Gasteiger partial charge in [-0.2, -0.15) is 0 Å². The molecule has 0 bridgehead atoms. The number of rotatable bonds is 3. The van der Waals surface area contributed by atoms with Crippen LogP contribution >= 0.6 is 0 Å². The minimum absolute atomic E-state index is 0.164. The van der Waals surface area contributed by atoms with E-state index in [4.69, 9.17) is 4.74 Å². The van der Waals surface area contributed by atoms with E-state index >= 15 is 0 Å². The van der Waals surface area contributed by atoms with Gasteiger partial charge in [0.15, 0.2) is 0 Å². The van der Waals surface area contributed by atoms with Gasteiger partial charge in [0.2, 0.25) is 15.9 Å². The molecule has 8 heteroatoms. The minimum atomic E-state index is -3.33. The average Bonchev–Trinajstić information content (AvgIpc) is 2.99. The fraction of sp³-hybridized carbons (Fsp3) is 0.412. The van der Waals surface area contributed by atoms with Crippen molar-refractivity contribution in [3.05, 3.63) is 36.0 Å². The van der Waals surface area contributed by atoms with Gasteiger partial charge in [0.25, 0.3) is 0 Å². The first-order valence-electron chi connectivity index (χ1n) is 8.00. The van der Waals surface area contributed by atoms with Crippen LogP contribution in [0.5, 0.6) is 0 Å². The highest BCUT2D eigenvalue weighted by molar-refractivity contribution is 7.88. The maximum Gasteiger partial charge on any atom is 0.340 e. The molecule has 1 fully saturated rings. The molecule has 3 rings (SSSR count). The van der Waals surface area contributed by atoms with Gasteiger partial charge in [-0.1, -0.05) is 18.2 Å². The van der Waals surface area contributed by atoms with Gasteiger partial charge in [-0.05, 0) is 18.9 Å². The number of carbonyl (C=O) groups excluding carboxylic acids is 2. The Hall–Kier alpha value is -2.19. The molecule has 2 heterocycles. The molecule has 134 valence electrons. The van der Waals surface area contributed by atoms with Gasteiger partial charge in [0.1, 0.15) is 0 Å². The molecule has 0 unspecified atom stereocenters. The van der Waals surface area contributed by atoms with E-state index in [9.17, 15) is 18.0 Å². The molecule has 1 aromatic carbocycles. The van der Waals surface area contributed by atoms with Crippen LogP contribution in [-0.4, -0.2) is 55.6 Å². The Kier molecular flexibility index (Phi) is 4.66. The van der Waals surface area contributed by atoms with Crippen LogP contribution in [0, 0.1) is 5.92 Å². The minimum Gasteiger partial charge on any atom is -0.465 e. The van der Waals surface area contributed by atoms with E-state index in [1.807, 2.05) is 0 Å². The fourth-order valence-electron chi connectivity index (χ4n) is 3.28. The monoisotopic (exact) mass is 364 g/mol. The number of carbonyl (C=O) groups is 2. The second kappa shape index (κ2) is 6.61. The zero-order chi connectivity index (χ0) is 18.2. The van der Waals surface area contributed by atoms with Crippen molar-refractivity contribution in [1.82, 2.24) is 8.87 Å². The predicted octanol–water partition coefficient (Wildman–Crippen LogP) is 1.74. The number of ether oxygens (including phenoxy) is 1. The van der Waals surface area contributed by atoms with Crippen LogP contribution in [-0.2, 0) is 14.8 Å². The van der Waals surface area contributed by atoms with Crippen molar-refractivity contribution in [2.75, 3.05) is 26.5 Å². The number of piperidine rings is 1. The Morgan fingerprint density at radius 1 is 1.24 bits per heavy atom. The lowest BCUT2D eigenvalue weighted by atomic mass is 9.98. The summed E-state index contributed by atoms with van der Waals surface area (Å²) >= 11 is 0. The number of fused-ring (bicyclic) bond motifs is 1. The molecule has 1 aliphatic heterocycles. The Morgan fingerprint density at radius 2 is 1.96 bits per heavy atom. The maximum atomic E-state index is 13.0. The quantitative estimate of drug-likeness (QED) is 0.775. The molecule has 7 nitrogen and oxygen atoms in total. The zero-order valence-electron chi connectivity index (χ0n) is 14.1. The summed E-state index contributed by atoms with van der Waals surface area (Å²) in [6, 6.07) is 7.10. The number of hydrogen-bond acceptors (Lipinski definition) is 5. The maximum absolute atomic E-state index is 13.0. The van der Waals surface area contributed by atoms with E-state index in [0.29, 0.717) is 35.9 Å². The summed E-state index contributed by atoms with van der Waals surface area (Å²) in [5.74, 6) is -1.16. The molecule has 0 N–H and O–H groups in total. The highest BCUT2D eigenvalue weighted by Gasteiger charge is 2.32. The van der Waals surface area contributed by atoms with Crippen molar-refractivity contribution in [2.45, 2.75) is 12.8 Å². The number of nitrogens with zero attached hydrogens (tertiary/aromatic N) is 2. The second-order valence-electron chi connectivity index (χ2n) is 6.22. The first kappa shape index (κ1) is 17.6. The van der Waals surface area contributed by atoms with Crippen molar-refractivity contribution in [1.29, 1.82) is 0 Å². The van der Waals surface area contributed by atoms with Crippen LogP contribution in [0.15, 0.2) is 30.5 Å².